The minimum absolute atomic E-state index is 0.0186. The third-order valence-electron chi connectivity index (χ3n) is 2.65. The first kappa shape index (κ1) is 17.0. The highest BCUT2D eigenvalue weighted by Crippen LogP contribution is 2.28. The van der Waals surface area contributed by atoms with Crippen molar-refractivity contribution >= 4 is 28.1 Å². The van der Waals surface area contributed by atoms with Crippen molar-refractivity contribution < 1.29 is 23.1 Å². The molecule has 21 heavy (non-hydrogen) atoms. The number of methoxy groups -OCH3 is 1. The number of benzene rings is 1. The molecule has 7 nitrogen and oxygen atoms in total. The highest BCUT2D eigenvalue weighted by atomic mass is 32.2. The van der Waals surface area contributed by atoms with Crippen LogP contribution in [0.4, 0.5) is 15.8 Å². The first-order valence-corrected chi connectivity index (χ1v) is 7.54. The molecule has 0 radical (unpaired) electrons. The van der Waals surface area contributed by atoms with Gasteiger partial charge in [0.25, 0.3) is 5.69 Å². The average Bonchev–Trinajstić information content (AvgIpc) is 2.46. The highest BCUT2D eigenvalue weighted by molar-refractivity contribution is 7.84. The molecule has 1 aromatic carbocycles. The number of nitrogens with one attached hydrogen (secondary N) is 1. The van der Waals surface area contributed by atoms with E-state index >= 15 is 0 Å². The van der Waals surface area contributed by atoms with Crippen molar-refractivity contribution in [2.24, 2.45) is 0 Å². The van der Waals surface area contributed by atoms with Crippen LogP contribution in [0, 0.1) is 15.9 Å². The maximum atomic E-state index is 13.7. The average molecular weight is 318 g/mol. The third-order valence-corrected chi connectivity index (χ3v) is 3.96. The van der Waals surface area contributed by atoms with Crippen LogP contribution in [0.1, 0.15) is 17.3 Å². The summed E-state index contributed by atoms with van der Waals surface area (Å²) < 4.78 is 29.4. The number of hydrogen-bond acceptors (Lipinski definition) is 6. The van der Waals surface area contributed by atoms with Gasteiger partial charge in [-0.15, -0.1) is 0 Å². The van der Waals surface area contributed by atoms with Crippen molar-refractivity contribution in [1.29, 1.82) is 0 Å². The number of halogens is 1. The van der Waals surface area contributed by atoms with Gasteiger partial charge >= 0.3 is 5.97 Å². The monoisotopic (exact) mass is 318 g/mol. The number of nitrogens with zero attached hydrogens (tertiary/aromatic N) is 1. The lowest BCUT2D eigenvalue weighted by Crippen LogP contribution is -2.14. The van der Waals surface area contributed by atoms with Crippen molar-refractivity contribution in [3.05, 3.63) is 33.6 Å². The molecule has 0 saturated carbocycles. The Labute approximate surface area is 123 Å². The number of hydrogen-bond donors (Lipinski definition) is 1. The molecule has 1 N–H and O–H groups in total. The van der Waals surface area contributed by atoms with Crippen LogP contribution >= 0.6 is 0 Å². The van der Waals surface area contributed by atoms with Crippen LogP contribution in [-0.2, 0) is 15.5 Å². The zero-order valence-electron chi connectivity index (χ0n) is 11.6. The molecule has 0 aliphatic heterocycles. The molecule has 0 fully saturated rings. The van der Waals surface area contributed by atoms with Gasteiger partial charge in [0, 0.05) is 28.9 Å². The van der Waals surface area contributed by atoms with Crippen molar-refractivity contribution in [1.82, 2.24) is 0 Å². The van der Waals surface area contributed by atoms with E-state index in [1.165, 1.54) is 0 Å². The maximum Gasteiger partial charge on any atom is 0.340 e. The fraction of sp³-hybridized carbons (Fsp3) is 0.417. The van der Waals surface area contributed by atoms with E-state index in [1.807, 2.05) is 0 Å². The molecule has 1 rings (SSSR count). The van der Waals surface area contributed by atoms with E-state index < -0.39 is 38.8 Å². The molecule has 0 amide bonds. The number of carbonyl (C=O) groups excluding carboxylic acids is 1. The summed E-state index contributed by atoms with van der Waals surface area (Å²) in [6.45, 7) is 1.96. The van der Waals surface area contributed by atoms with Crippen LogP contribution in [0.15, 0.2) is 12.1 Å². The Kier molecular flexibility index (Phi) is 6.22. The van der Waals surface area contributed by atoms with Gasteiger partial charge in [-0.05, 0) is 6.07 Å². The van der Waals surface area contributed by atoms with Gasteiger partial charge < -0.3 is 10.1 Å². The van der Waals surface area contributed by atoms with E-state index in [2.05, 4.69) is 10.1 Å². The molecule has 0 heterocycles. The van der Waals surface area contributed by atoms with E-state index in [4.69, 9.17) is 0 Å². The number of nitro groups is 1. The van der Waals surface area contributed by atoms with Gasteiger partial charge in [0.1, 0.15) is 11.5 Å². The molecular weight excluding hydrogens is 303 g/mol. The Morgan fingerprint density at radius 2 is 2.19 bits per heavy atom. The SMILES string of the molecule is CCS(=O)CCNc1cc(C(=O)OC)c(F)cc1[N+](=O)[O-]. The second-order valence-electron chi connectivity index (χ2n) is 3.96. The molecule has 116 valence electrons. The van der Waals surface area contributed by atoms with Gasteiger partial charge in [-0.2, -0.15) is 0 Å². The number of ether oxygens (including phenoxy) is 1. The summed E-state index contributed by atoms with van der Waals surface area (Å²) in [5, 5.41) is 13.6. The van der Waals surface area contributed by atoms with Crippen molar-refractivity contribution in [3.63, 3.8) is 0 Å². The number of nitro benzene ring substituents is 1. The lowest BCUT2D eigenvalue weighted by molar-refractivity contribution is -0.384. The van der Waals surface area contributed by atoms with Crippen LogP contribution in [0.2, 0.25) is 0 Å². The standard InChI is InChI=1S/C12H15FN2O5S/c1-3-21(19)5-4-14-10-6-8(12(16)20-2)9(13)7-11(10)15(17)18/h6-7,14H,3-5H2,1-2H3. The van der Waals surface area contributed by atoms with E-state index in [-0.39, 0.29) is 12.2 Å². The third kappa shape index (κ3) is 4.48. The van der Waals surface area contributed by atoms with Crippen molar-refractivity contribution in [2.45, 2.75) is 6.92 Å². The first-order chi connectivity index (χ1) is 9.90. The molecular formula is C12H15FN2O5S. The minimum Gasteiger partial charge on any atom is -0.465 e. The number of anilines is 1. The molecule has 1 unspecified atom stereocenters. The predicted molar refractivity (Wildman–Crippen MR) is 76.4 cm³/mol. The van der Waals surface area contributed by atoms with E-state index in [0.717, 1.165) is 13.2 Å². The highest BCUT2D eigenvalue weighted by Gasteiger charge is 2.22. The first-order valence-electron chi connectivity index (χ1n) is 6.05. The molecule has 0 saturated heterocycles. The van der Waals surface area contributed by atoms with Gasteiger partial charge in [0.05, 0.1) is 23.7 Å². The zero-order chi connectivity index (χ0) is 16.0. The topological polar surface area (TPSA) is 98.5 Å². The second-order valence-corrected chi connectivity index (χ2v) is 5.82. The predicted octanol–water partition coefficient (Wildman–Crippen LogP) is 1.70. The van der Waals surface area contributed by atoms with Crippen LogP contribution in [0.25, 0.3) is 0 Å². The van der Waals surface area contributed by atoms with Gasteiger partial charge in [-0.1, -0.05) is 6.92 Å². The fourth-order valence-corrected chi connectivity index (χ4v) is 2.18. The number of esters is 1. The normalized spacial score (nSPS) is 11.8. The lowest BCUT2D eigenvalue weighted by Gasteiger charge is -2.09. The summed E-state index contributed by atoms with van der Waals surface area (Å²) in [5.41, 5.74) is -0.917. The Bertz CT molecular complexity index is 579. The van der Waals surface area contributed by atoms with Crippen LogP contribution in [0.3, 0.4) is 0 Å². The number of carbonyl (C=O) groups is 1. The summed E-state index contributed by atoms with van der Waals surface area (Å²) in [4.78, 5) is 21.5. The molecule has 0 spiro atoms. The van der Waals surface area contributed by atoms with Gasteiger partial charge in [-0.3, -0.25) is 14.3 Å². The Hall–Kier alpha value is -2.03. The Morgan fingerprint density at radius 3 is 2.71 bits per heavy atom. The quantitative estimate of drug-likeness (QED) is 0.467. The largest absolute Gasteiger partial charge is 0.465 e. The summed E-state index contributed by atoms with van der Waals surface area (Å²) in [6, 6.07) is 1.68. The molecule has 0 bridgehead atoms. The smallest absolute Gasteiger partial charge is 0.340 e. The summed E-state index contributed by atoms with van der Waals surface area (Å²) >= 11 is 0. The molecule has 0 aromatic heterocycles. The minimum atomic E-state index is -1.04. The van der Waals surface area contributed by atoms with E-state index in [9.17, 15) is 23.5 Å². The summed E-state index contributed by atoms with van der Waals surface area (Å²) in [7, 11) is 0.0479. The van der Waals surface area contributed by atoms with Gasteiger partial charge in [-0.25, -0.2) is 9.18 Å². The zero-order valence-corrected chi connectivity index (χ0v) is 12.4. The Morgan fingerprint density at radius 1 is 1.52 bits per heavy atom. The maximum absolute atomic E-state index is 13.7. The number of rotatable bonds is 7. The Balaban J connectivity index is 3.05. The lowest BCUT2D eigenvalue weighted by atomic mass is 10.1. The van der Waals surface area contributed by atoms with Crippen molar-refractivity contribution in [3.8, 4) is 0 Å². The van der Waals surface area contributed by atoms with E-state index in [1.54, 1.807) is 6.92 Å². The van der Waals surface area contributed by atoms with Crippen LogP contribution in [0.5, 0.6) is 0 Å². The van der Waals surface area contributed by atoms with E-state index in [0.29, 0.717) is 17.6 Å². The molecule has 0 aliphatic carbocycles. The van der Waals surface area contributed by atoms with Crippen LogP contribution in [-0.4, -0.2) is 40.3 Å². The molecule has 1 aromatic rings. The van der Waals surface area contributed by atoms with Crippen molar-refractivity contribution in [2.75, 3.05) is 30.5 Å². The molecule has 0 aliphatic rings. The van der Waals surface area contributed by atoms with Gasteiger partial charge in [0.15, 0.2) is 0 Å². The summed E-state index contributed by atoms with van der Waals surface area (Å²) in [6.07, 6.45) is 0. The molecule has 9 heteroatoms. The van der Waals surface area contributed by atoms with Gasteiger partial charge in [0.2, 0.25) is 0 Å². The molecule has 1 atom stereocenters. The summed E-state index contributed by atoms with van der Waals surface area (Å²) in [5.74, 6) is -1.20. The fourth-order valence-electron chi connectivity index (χ4n) is 1.57. The van der Waals surface area contributed by atoms with Crippen LogP contribution < -0.4 is 5.32 Å². The second kappa shape index (κ2) is 7.67.